The highest BCUT2D eigenvalue weighted by Gasteiger charge is 2.19. The fraction of sp³-hybridized carbons (Fsp3) is 0.810. The third-order valence-corrected chi connectivity index (χ3v) is 12.1. The van der Waals surface area contributed by atoms with Crippen molar-refractivity contribution >= 4 is 17.9 Å². The fourth-order valence-electron chi connectivity index (χ4n) is 7.86. The number of hydrogen-bond donors (Lipinski definition) is 0. The molecular formula is C58H104O6. The van der Waals surface area contributed by atoms with Gasteiger partial charge in [0.1, 0.15) is 13.2 Å². The number of hydrogen-bond acceptors (Lipinski definition) is 6. The van der Waals surface area contributed by atoms with Gasteiger partial charge in [-0.25, -0.2) is 0 Å². The predicted octanol–water partition coefficient (Wildman–Crippen LogP) is 18.3. The molecule has 0 spiro atoms. The van der Waals surface area contributed by atoms with Crippen LogP contribution in [0.2, 0.25) is 0 Å². The number of carbonyl (C=O) groups is 3. The first-order valence-corrected chi connectivity index (χ1v) is 27.6. The van der Waals surface area contributed by atoms with E-state index in [0.29, 0.717) is 19.3 Å². The second-order valence-electron chi connectivity index (χ2n) is 18.5. The predicted molar refractivity (Wildman–Crippen MR) is 275 cm³/mol. The Bertz CT molecular complexity index is 1120. The number of rotatable bonds is 50. The molecule has 0 aromatic carbocycles. The van der Waals surface area contributed by atoms with Crippen LogP contribution in [0.5, 0.6) is 0 Å². The maximum absolute atomic E-state index is 12.8. The van der Waals surface area contributed by atoms with E-state index in [1.165, 1.54) is 167 Å². The number of carbonyl (C=O) groups excluding carboxylic acids is 3. The zero-order valence-corrected chi connectivity index (χ0v) is 42.6. The molecule has 0 saturated carbocycles. The first-order valence-electron chi connectivity index (χ1n) is 27.6. The Morgan fingerprint density at radius 3 is 0.891 bits per heavy atom. The number of esters is 3. The Kier molecular flexibility index (Phi) is 50.8. The van der Waals surface area contributed by atoms with Gasteiger partial charge in [0.05, 0.1) is 0 Å². The minimum atomic E-state index is -0.774. The van der Waals surface area contributed by atoms with Gasteiger partial charge in [-0.15, -0.1) is 0 Å². The molecule has 0 radical (unpaired) electrons. The molecule has 1 atom stereocenters. The van der Waals surface area contributed by atoms with E-state index in [9.17, 15) is 14.4 Å². The van der Waals surface area contributed by atoms with Crippen molar-refractivity contribution in [3.05, 3.63) is 48.6 Å². The second kappa shape index (κ2) is 53.0. The van der Waals surface area contributed by atoms with Crippen molar-refractivity contribution in [3.8, 4) is 0 Å². The number of ether oxygens (including phenoxy) is 3. The van der Waals surface area contributed by atoms with Gasteiger partial charge >= 0.3 is 17.9 Å². The third-order valence-electron chi connectivity index (χ3n) is 12.1. The molecule has 0 rings (SSSR count). The van der Waals surface area contributed by atoms with Crippen LogP contribution in [0.3, 0.4) is 0 Å². The van der Waals surface area contributed by atoms with E-state index in [-0.39, 0.29) is 31.1 Å². The molecule has 0 aliphatic heterocycles. The first kappa shape index (κ1) is 61.4. The topological polar surface area (TPSA) is 78.9 Å². The minimum Gasteiger partial charge on any atom is -0.462 e. The largest absolute Gasteiger partial charge is 0.462 e. The van der Waals surface area contributed by atoms with E-state index in [4.69, 9.17) is 14.2 Å². The summed E-state index contributed by atoms with van der Waals surface area (Å²) in [4.78, 5) is 37.8. The molecule has 64 heavy (non-hydrogen) atoms. The van der Waals surface area contributed by atoms with Crippen molar-refractivity contribution in [3.63, 3.8) is 0 Å². The second-order valence-corrected chi connectivity index (χ2v) is 18.5. The molecule has 0 bridgehead atoms. The molecule has 6 nitrogen and oxygen atoms in total. The van der Waals surface area contributed by atoms with Crippen molar-refractivity contribution < 1.29 is 28.6 Å². The van der Waals surface area contributed by atoms with E-state index in [2.05, 4.69) is 69.4 Å². The lowest BCUT2D eigenvalue weighted by atomic mass is 10.1. The maximum Gasteiger partial charge on any atom is 0.306 e. The van der Waals surface area contributed by atoms with Crippen LogP contribution in [0.15, 0.2) is 48.6 Å². The van der Waals surface area contributed by atoms with Crippen molar-refractivity contribution in [2.45, 2.75) is 290 Å². The summed E-state index contributed by atoms with van der Waals surface area (Å²) in [6.45, 7) is 6.58. The van der Waals surface area contributed by atoms with Gasteiger partial charge in [-0.2, -0.15) is 0 Å². The van der Waals surface area contributed by atoms with E-state index in [0.717, 1.165) is 77.0 Å². The first-order chi connectivity index (χ1) is 31.5. The van der Waals surface area contributed by atoms with Crippen LogP contribution in [0.4, 0.5) is 0 Å². The summed E-state index contributed by atoms with van der Waals surface area (Å²) in [5.41, 5.74) is 0. The van der Waals surface area contributed by atoms with E-state index in [1.54, 1.807) is 0 Å². The summed E-state index contributed by atoms with van der Waals surface area (Å²) in [6.07, 6.45) is 64.1. The summed E-state index contributed by atoms with van der Waals surface area (Å²) < 4.78 is 16.7. The number of allylic oxidation sites excluding steroid dienone is 8. The summed E-state index contributed by atoms with van der Waals surface area (Å²) in [7, 11) is 0. The quantitative estimate of drug-likeness (QED) is 0.0262. The van der Waals surface area contributed by atoms with Gasteiger partial charge in [-0.3, -0.25) is 14.4 Å². The third kappa shape index (κ3) is 50.4. The van der Waals surface area contributed by atoms with Crippen molar-refractivity contribution in [2.24, 2.45) is 0 Å². The van der Waals surface area contributed by atoms with Gasteiger partial charge in [0.15, 0.2) is 6.10 Å². The van der Waals surface area contributed by atoms with Crippen molar-refractivity contribution in [1.82, 2.24) is 0 Å². The molecule has 0 amide bonds. The zero-order valence-electron chi connectivity index (χ0n) is 42.6. The van der Waals surface area contributed by atoms with Gasteiger partial charge in [-0.05, 0) is 83.5 Å². The monoisotopic (exact) mass is 897 g/mol. The van der Waals surface area contributed by atoms with E-state index >= 15 is 0 Å². The zero-order chi connectivity index (χ0) is 46.5. The van der Waals surface area contributed by atoms with Gasteiger partial charge in [0.25, 0.3) is 0 Å². The van der Waals surface area contributed by atoms with Crippen LogP contribution in [0, 0.1) is 0 Å². The molecule has 0 aliphatic carbocycles. The highest BCUT2D eigenvalue weighted by molar-refractivity contribution is 5.71. The number of unbranched alkanes of at least 4 members (excludes halogenated alkanes) is 31. The molecule has 0 fully saturated rings. The minimum absolute atomic E-state index is 0.0761. The Balaban J connectivity index is 4.16. The Morgan fingerprint density at radius 1 is 0.312 bits per heavy atom. The molecule has 0 aromatic heterocycles. The normalized spacial score (nSPS) is 12.4. The summed E-state index contributed by atoms with van der Waals surface area (Å²) in [5, 5.41) is 0. The summed E-state index contributed by atoms with van der Waals surface area (Å²) in [5.74, 6) is -0.887. The smallest absolute Gasteiger partial charge is 0.306 e. The van der Waals surface area contributed by atoms with Gasteiger partial charge < -0.3 is 14.2 Å². The summed E-state index contributed by atoms with van der Waals surface area (Å²) in [6, 6.07) is 0. The lowest BCUT2D eigenvalue weighted by Gasteiger charge is -2.18. The van der Waals surface area contributed by atoms with Gasteiger partial charge in [-0.1, -0.05) is 230 Å². The Labute approximate surface area is 397 Å². The van der Waals surface area contributed by atoms with Crippen LogP contribution in [0.25, 0.3) is 0 Å². The molecular weight excluding hydrogens is 793 g/mol. The average molecular weight is 897 g/mol. The standard InChI is InChI=1S/C58H104O6/c1-4-7-10-13-16-18-20-22-24-25-26-27-28-29-30-31-32-33-34-36-37-39-42-45-48-51-57(60)63-54-55(53-62-56(59)50-47-44-41-15-12-9-6-3)64-58(61)52-49-46-43-40-38-35-23-21-19-17-14-11-8-5-2/h20-23,25-26,28-29,55H,4-19,24,27,30-54H2,1-3H3/b22-20-,23-21-,26-25-,29-28-. The highest BCUT2D eigenvalue weighted by Crippen LogP contribution is 2.15. The fourth-order valence-corrected chi connectivity index (χ4v) is 7.86. The maximum atomic E-state index is 12.8. The van der Waals surface area contributed by atoms with Crippen molar-refractivity contribution in [1.29, 1.82) is 0 Å². The van der Waals surface area contributed by atoms with E-state index in [1.807, 2.05) is 0 Å². The lowest BCUT2D eigenvalue weighted by molar-refractivity contribution is -0.167. The Morgan fingerprint density at radius 2 is 0.562 bits per heavy atom. The molecule has 0 N–H and O–H groups in total. The van der Waals surface area contributed by atoms with Crippen LogP contribution in [0.1, 0.15) is 284 Å². The summed E-state index contributed by atoms with van der Waals surface area (Å²) >= 11 is 0. The molecule has 0 heterocycles. The van der Waals surface area contributed by atoms with Crippen molar-refractivity contribution in [2.75, 3.05) is 13.2 Å². The molecule has 6 heteroatoms. The molecule has 0 saturated heterocycles. The molecule has 372 valence electrons. The van der Waals surface area contributed by atoms with Crippen LogP contribution >= 0.6 is 0 Å². The van der Waals surface area contributed by atoms with Gasteiger partial charge in [0.2, 0.25) is 0 Å². The van der Waals surface area contributed by atoms with Gasteiger partial charge in [0, 0.05) is 19.3 Å². The Hall–Kier alpha value is -2.63. The average Bonchev–Trinajstić information content (AvgIpc) is 3.29. The molecule has 1 unspecified atom stereocenters. The van der Waals surface area contributed by atoms with E-state index < -0.39 is 6.10 Å². The van der Waals surface area contributed by atoms with Crippen LogP contribution in [-0.2, 0) is 28.6 Å². The highest BCUT2D eigenvalue weighted by atomic mass is 16.6. The SMILES string of the molecule is CCCCCCC/C=C\C/C=C\C/C=C\CCCCCCCCCCCCC(=O)OCC(COC(=O)CCCCCCCCC)OC(=O)CCCCCCC/C=C\CCCCCCC. The molecule has 0 aromatic rings. The van der Waals surface area contributed by atoms with Crippen LogP contribution < -0.4 is 0 Å². The van der Waals surface area contributed by atoms with Crippen LogP contribution in [-0.4, -0.2) is 37.2 Å². The molecule has 0 aliphatic rings. The lowest BCUT2D eigenvalue weighted by Crippen LogP contribution is -2.30.